The number of halogens is 2. The molecule has 1 aliphatic rings. The van der Waals surface area contributed by atoms with E-state index in [1.807, 2.05) is 19.2 Å². The minimum absolute atomic E-state index is 0.569. The predicted molar refractivity (Wildman–Crippen MR) is 121 cm³/mol. The molecule has 0 saturated carbocycles. The van der Waals surface area contributed by atoms with E-state index < -0.39 is 17.2 Å². The van der Waals surface area contributed by atoms with Gasteiger partial charge in [-0.05, 0) is 67.6 Å². The first-order valence-electron chi connectivity index (χ1n) is 11.2. The molecule has 0 bridgehead atoms. The second kappa shape index (κ2) is 10.9. The van der Waals surface area contributed by atoms with E-state index >= 15 is 0 Å². The fourth-order valence-electron chi connectivity index (χ4n) is 3.91. The third-order valence-electron chi connectivity index (χ3n) is 6.13. The Morgan fingerprint density at radius 1 is 1.06 bits per heavy atom. The smallest absolute Gasteiger partial charge is 0.159 e. The zero-order chi connectivity index (χ0) is 22.3. The lowest BCUT2D eigenvalue weighted by Crippen LogP contribution is -2.45. The van der Waals surface area contributed by atoms with Crippen LogP contribution in [0, 0.1) is 11.6 Å². The molecule has 1 heterocycles. The number of unbranched alkanes of at least 4 members (excludes halogenated alkanes) is 1. The van der Waals surface area contributed by atoms with E-state index in [4.69, 9.17) is 4.74 Å². The number of likely N-dealkylation sites (tertiary alicyclic amines) is 1. The second-order valence-corrected chi connectivity index (χ2v) is 8.62. The molecule has 2 aromatic carbocycles. The maximum Gasteiger partial charge on any atom is 0.159 e. The molecule has 0 aliphatic carbocycles. The maximum absolute atomic E-state index is 13.4. The summed E-state index contributed by atoms with van der Waals surface area (Å²) < 4.78 is 32.2. The van der Waals surface area contributed by atoms with E-state index in [2.05, 4.69) is 28.9 Å². The van der Waals surface area contributed by atoms with E-state index in [0.717, 1.165) is 56.1 Å². The van der Waals surface area contributed by atoms with Gasteiger partial charge >= 0.3 is 0 Å². The lowest BCUT2D eigenvalue weighted by molar-refractivity contribution is -0.0275. The summed E-state index contributed by atoms with van der Waals surface area (Å²) in [6.07, 6.45) is 4.21. The lowest BCUT2D eigenvalue weighted by Gasteiger charge is -2.39. The van der Waals surface area contributed by atoms with Gasteiger partial charge in [0.2, 0.25) is 0 Å². The van der Waals surface area contributed by atoms with Gasteiger partial charge in [0.15, 0.2) is 11.6 Å². The van der Waals surface area contributed by atoms with Gasteiger partial charge < -0.3 is 14.7 Å². The fraction of sp³-hybridized carbons (Fsp3) is 0.520. The zero-order valence-electron chi connectivity index (χ0n) is 18.6. The molecule has 0 atom stereocenters. The third-order valence-corrected chi connectivity index (χ3v) is 6.13. The van der Waals surface area contributed by atoms with Crippen LogP contribution in [0.3, 0.4) is 0 Å². The van der Waals surface area contributed by atoms with Crippen molar-refractivity contribution >= 4 is 5.69 Å². The number of anilines is 1. The second-order valence-electron chi connectivity index (χ2n) is 8.62. The van der Waals surface area contributed by atoms with Crippen LogP contribution in [-0.4, -0.2) is 48.9 Å². The summed E-state index contributed by atoms with van der Waals surface area (Å²) in [6.45, 7) is 5.69. The summed E-state index contributed by atoms with van der Waals surface area (Å²) in [5.74, 6) is -0.744. The molecule has 170 valence electrons. The Labute approximate surface area is 184 Å². The third kappa shape index (κ3) is 6.91. The SMILES string of the molecule is CCCCOc1ccc(N(C)CCC2(O)CCN(Cc3ccc(F)c(F)c3)CC2)cc1. The van der Waals surface area contributed by atoms with Crippen LogP contribution in [0.25, 0.3) is 0 Å². The molecular weight excluding hydrogens is 398 g/mol. The summed E-state index contributed by atoms with van der Waals surface area (Å²) in [7, 11) is 2.04. The first-order chi connectivity index (χ1) is 14.9. The van der Waals surface area contributed by atoms with Crippen molar-refractivity contribution in [2.75, 3.05) is 38.2 Å². The van der Waals surface area contributed by atoms with Crippen molar-refractivity contribution in [3.8, 4) is 5.75 Å². The Hall–Kier alpha value is -2.18. The van der Waals surface area contributed by atoms with Crippen molar-refractivity contribution in [2.24, 2.45) is 0 Å². The number of hydrogen-bond acceptors (Lipinski definition) is 4. The van der Waals surface area contributed by atoms with Crippen LogP contribution in [0.4, 0.5) is 14.5 Å². The molecule has 31 heavy (non-hydrogen) atoms. The topological polar surface area (TPSA) is 35.9 Å². The van der Waals surface area contributed by atoms with E-state index in [-0.39, 0.29) is 0 Å². The van der Waals surface area contributed by atoms with Crippen LogP contribution in [0.1, 0.15) is 44.6 Å². The summed E-state index contributed by atoms with van der Waals surface area (Å²) in [5, 5.41) is 11.0. The molecule has 0 radical (unpaired) electrons. The van der Waals surface area contributed by atoms with Crippen LogP contribution in [-0.2, 0) is 6.54 Å². The molecule has 1 saturated heterocycles. The fourth-order valence-corrected chi connectivity index (χ4v) is 3.91. The Morgan fingerprint density at radius 2 is 1.77 bits per heavy atom. The highest BCUT2D eigenvalue weighted by atomic mass is 19.2. The van der Waals surface area contributed by atoms with Gasteiger partial charge in [-0.15, -0.1) is 0 Å². The number of nitrogens with zero attached hydrogens (tertiary/aromatic N) is 2. The van der Waals surface area contributed by atoms with Gasteiger partial charge in [-0.25, -0.2) is 8.78 Å². The molecule has 1 N–H and O–H groups in total. The van der Waals surface area contributed by atoms with Crippen molar-refractivity contribution in [1.82, 2.24) is 4.90 Å². The van der Waals surface area contributed by atoms with E-state index in [9.17, 15) is 13.9 Å². The molecule has 0 spiro atoms. The average Bonchev–Trinajstić information content (AvgIpc) is 2.77. The maximum atomic E-state index is 13.4. The van der Waals surface area contributed by atoms with E-state index in [0.29, 0.717) is 25.8 Å². The summed E-state index contributed by atoms with van der Waals surface area (Å²) in [4.78, 5) is 4.34. The molecule has 4 nitrogen and oxygen atoms in total. The Morgan fingerprint density at radius 3 is 2.42 bits per heavy atom. The van der Waals surface area contributed by atoms with Crippen molar-refractivity contribution in [2.45, 2.75) is 51.2 Å². The van der Waals surface area contributed by atoms with Crippen LogP contribution < -0.4 is 9.64 Å². The van der Waals surface area contributed by atoms with Crippen LogP contribution in [0.2, 0.25) is 0 Å². The molecule has 6 heteroatoms. The van der Waals surface area contributed by atoms with Crippen molar-refractivity contribution < 1.29 is 18.6 Å². The molecule has 3 rings (SSSR count). The highest BCUT2D eigenvalue weighted by molar-refractivity contribution is 5.48. The molecule has 2 aromatic rings. The Kier molecular flexibility index (Phi) is 8.27. The number of ether oxygens (including phenoxy) is 1. The number of benzene rings is 2. The first kappa shape index (κ1) is 23.5. The normalized spacial score (nSPS) is 16.3. The van der Waals surface area contributed by atoms with Gasteiger partial charge in [0.1, 0.15) is 5.75 Å². The van der Waals surface area contributed by atoms with Gasteiger partial charge in [0.05, 0.1) is 12.2 Å². The monoisotopic (exact) mass is 432 g/mol. The van der Waals surface area contributed by atoms with Crippen LogP contribution >= 0.6 is 0 Å². The lowest BCUT2D eigenvalue weighted by atomic mass is 9.88. The minimum Gasteiger partial charge on any atom is -0.494 e. The van der Waals surface area contributed by atoms with Gasteiger partial charge in [-0.3, -0.25) is 4.90 Å². The summed E-state index contributed by atoms with van der Waals surface area (Å²) in [5.41, 5.74) is 1.16. The quantitative estimate of drug-likeness (QED) is 0.536. The number of rotatable bonds is 10. The van der Waals surface area contributed by atoms with E-state index in [1.165, 1.54) is 12.1 Å². The van der Waals surface area contributed by atoms with Gasteiger partial charge in [-0.1, -0.05) is 19.4 Å². The highest BCUT2D eigenvalue weighted by Crippen LogP contribution is 2.28. The first-order valence-corrected chi connectivity index (χ1v) is 11.2. The average molecular weight is 433 g/mol. The van der Waals surface area contributed by atoms with E-state index in [1.54, 1.807) is 6.07 Å². The molecule has 1 aliphatic heterocycles. The van der Waals surface area contributed by atoms with Crippen LogP contribution in [0.15, 0.2) is 42.5 Å². The number of hydrogen-bond donors (Lipinski definition) is 1. The molecular formula is C25H34F2N2O2. The Balaban J connectivity index is 1.43. The Bertz CT molecular complexity index is 821. The highest BCUT2D eigenvalue weighted by Gasteiger charge is 2.32. The molecule has 0 aromatic heterocycles. The summed E-state index contributed by atoms with van der Waals surface area (Å²) in [6, 6.07) is 12.1. The standard InChI is InChI=1S/C25H34F2N2O2/c1-3-4-17-31-22-8-6-21(7-9-22)28(2)14-11-25(30)12-15-29(16-13-25)19-20-5-10-23(26)24(27)18-20/h5-10,18,30H,3-4,11-17,19H2,1-2H3. The molecule has 0 amide bonds. The predicted octanol–water partition coefficient (Wildman–Crippen LogP) is 5.00. The summed E-state index contributed by atoms with van der Waals surface area (Å²) >= 11 is 0. The number of piperidine rings is 1. The van der Waals surface area contributed by atoms with Gasteiger partial charge in [0.25, 0.3) is 0 Å². The zero-order valence-corrected chi connectivity index (χ0v) is 18.6. The minimum atomic E-state index is -0.820. The van der Waals surface area contributed by atoms with Gasteiger partial charge in [-0.2, -0.15) is 0 Å². The van der Waals surface area contributed by atoms with Crippen molar-refractivity contribution in [3.05, 3.63) is 59.7 Å². The van der Waals surface area contributed by atoms with Crippen LogP contribution in [0.5, 0.6) is 5.75 Å². The van der Waals surface area contributed by atoms with Gasteiger partial charge in [0, 0.05) is 38.9 Å². The number of aliphatic hydroxyl groups is 1. The molecule has 0 unspecified atom stereocenters. The largest absolute Gasteiger partial charge is 0.494 e. The van der Waals surface area contributed by atoms with Crippen molar-refractivity contribution in [3.63, 3.8) is 0 Å². The van der Waals surface area contributed by atoms with Crippen molar-refractivity contribution in [1.29, 1.82) is 0 Å². The molecule has 1 fully saturated rings.